The number of carbonyl (C=O) groups is 1. The smallest absolute Gasteiger partial charge is 0.320 e. The number of ether oxygens (including phenoxy) is 1. The zero-order valence-electron chi connectivity index (χ0n) is 14.1. The van der Waals surface area contributed by atoms with E-state index >= 15 is 0 Å². The highest BCUT2D eigenvalue weighted by molar-refractivity contribution is 6.30. The van der Waals surface area contributed by atoms with Crippen molar-refractivity contribution in [3.05, 3.63) is 58.9 Å². The molecule has 1 saturated heterocycles. The lowest BCUT2D eigenvalue weighted by Crippen LogP contribution is -2.46. The lowest BCUT2D eigenvalue weighted by Gasteiger charge is -2.40. The standard InChI is InChI=1S/C19H21ClN2O3/c1-25-17-6-5-14(20)12-15(17)18(13-7-9-21-10-8-13)22-11-3-2-4-16(22)19(23)24/h5-10,12,16,18H,2-4,11H2,1H3,(H,23,24). The Morgan fingerprint density at radius 2 is 2.08 bits per heavy atom. The van der Waals surface area contributed by atoms with Crippen molar-refractivity contribution in [3.63, 3.8) is 0 Å². The van der Waals surface area contributed by atoms with E-state index < -0.39 is 12.0 Å². The average Bonchev–Trinajstić information content (AvgIpc) is 2.63. The molecule has 132 valence electrons. The van der Waals surface area contributed by atoms with Gasteiger partial charge in [-0.3, -0.25) is 14.7 Å². The molecule has 2 heterocycles. The number of nitrogens with zero attached hydrogens (tertiary/aromatic N) is 2. The van der Waals surface area contributed by atoms with Crippen LogP contribution in [0.3, 0.4) is 0 Å². The SMILES string of the molecule is COc1ccc(Cl)cc1C(c1ccncc1)N1CCCCC1C(=O)O. The van der Waals surface area contributed by atoms with Crippen LogP contribution >= 0.6 is 11.6 Å². The van der Waals surface area contributed by atoms with E-state index in [2.05, 4.69) is 4.98 Å². The minimum absolute atomic E-state index is 0.252. The van der Waals surface area contributed by atoms with Crippen molar-refractivity contribution < 1.29 is 14.6 Å². The van der Waals surface area contributed by atoms with E-state index in [0.717, 1.165) is 24.0 Å². The fourth-order valence-electron chi connectivity index (χ4n) is 3.54. The minimum atomic E-state index is -0.792. The molecule has 5 nitrogen and oxygen atoms in total. The molecule has 0 spiro atoms. The first-order chi connectivity index (χ1) is 12.1. The van der Waals surface area contributed by atoms with Gasteiger partial charge in [-0.2, -0.15) is 0 Å². The number of carboxylic acid groups (broad SMARTS) is 1. The first-order valence-electron chi connectivity index (χ1n) is 8.33. The maximum atomic E-state index is 11.8. The Morgan fingerprint density at radius 3 is 2.76 bits per heavy atom. The molecular weight excluding hydrogens is 340 g/mol. The Hall–Kier alpha value is -2.11. The number of carboxylic acids is 1. The molecule has 0 bridgehead atoms. The highest BCUT2D eigenvalue weighted by Crippen LogP contribution is 2.39. The van der Waals surface area contributed by atoms with Crippen LogP contribution in [-0.2, 0) is 4.79 Å². The Bertz CT molecular complexity index is 739. The first kappa shape index (κ1) is 17.7. The Balaban J connectivity index is 2.14. The summed E-state index contributed by atoms with van der Waals surface area (Å²) in [7, 11) is 1.61. The predicted octanol–water partition coefficient (Wildman–Crippen LogP) is 3.77. The van der Waals surface area contributed by atoms with Gasteiger partial charge in [0.15, 0.2) is 0 Å². The number of likely N-dealkylation sites (tertiary alicyclic amines) is 1. The van der Waals surface area contributed by atoms with Gasteiger partial charge in [-0.15, -0.1) is 0 Å². The molecule has 25 heavy (non-hydrogen) atoms. The van der Waals surface area contributed by atoms with Crippen molar-refractivity contribution in [3.8, 4) is 5.75 Å². The normalized spacial score (nSPS) is 19.4. The third kappa shape index (κ3) is 3.78. The van der Waals surface area contributed by atoms with E-state index in [1.807, 2.05) is 29.2 Å². The molecule has 0 aliphatic carbocycles. The summed E-state index contributed by atoms with van der Waals surface area (Å²) in [6, 6.07) is 8.51. The number of methoxy groups -OCH3 is 1. The first-order valence-corrected chi connectivity index (χ1v) is 8.71. The van der Waals surface area contributed by atoms with Gasteiger partial charge in [0.2, 0.25) is 0 Å². The number of aliphatic carboxylic acids is 1. The van der Waals surface area contributed by atoms with Gasteiger partial charge in [-0.25, -0.2) is 0 Å². The van der Waals surface area contributed by atoms with Crippen molar-refractivity contribution in [2.45, 2.75) is 31.3 Å². The molecule has 6 heteroatoms. The number of benzene rings is 1. The molecule has 1 aromatic heterocycles. The van der Waals surface area contributed by atoms with Crippen LogP contribution in [0.1, 0.15) is 36.4 Å². The molecule has 1 aliphatic rings. The fraction of sp³-hybridized carbons (Fsp3) is 0.368. The Morgan fingerprint density at radius 1 is 1.32 bits per heavy atom. The lowest BCUT2D eigenvalue weighted by molar-refractivity contribution is -0.145. The molecule has 1 fully saturated rings. The van der Waals surface area contributed by atoms with E-state index in [4.69, 9.17) is 16.3 Å². The highest BCUT2D eigenvalue weighted by atomic mass is 35.5. The summed E-state index contributed by atoms with van der Waals surface area (Å²) in [6.07, 6.45) is 5.97. The van der Waals surface area contributed by atoms with Crippen molar-refractivity contribution in [2.75, 3.05) is 13.7 Å². The predicted molar refractivity (Wildman–Crippen MR) is 96.1 cm³/mol. The number of halogens is 1. The maximum absolute atomic E-state index is 11.8. The van der Waals surface area contributed by atoms with Gasteiger partial charge in [0, 0.05) is 23.0 Å². The summed E-state index contributed by atoms with van der Waals surface area (Å²) in [4.78, 5) is 18.0. The molecule has 0 radical (unpaired) electrons. The number of hydrogen-bond acceptors (Lipinski definition) is 4. The Labute approximate surface area is 152 Å². The summed E-state index contributed by atoms with van der Waals surface area (Å²) in [6.45, 7) is 0.708. The number of rotatable bonds is 5. The molecule has 3 rings (SSSR count). The zero-order valence-corrected chi connectivity index (χ0v) is 14.8. The molecule has 0 amide bonds. The molecule has 2 aromatic rings. The monoisotopic (exact) mass is 360 g/mol. The van der Waals surface area contributed by atoms with Crippen LogP contribution in [0.25, 0.3) is 0 Å². The molecule has 1 aliphatic heterocycles. The van der Waals surface area contributed by atoms with Crippen molar-refractivity contribution in [1.29, 1.82) is 0 Å². The molecule has 2 unspecified atom stereocenters. The largest absolute Gasteiger partial charge is 0.496 e. The summed E-state index contributed by atoms with van der Waals surface area (Å²) in [5.74, 6) is -0.0966. The van der Waals surface area contributed by atoms with Gasteiger partial charge in [0.1, 0.15) is 11.8 Å². The summed E-state index contributed by atoms with van der Waals surface area (Å²) in [5, 5.41) is 10.3. The molecule has 0 saturated carbocycles. The second-order valence-corrected chi connectivity index (χ2v) is 6.59. The highest BCUT2D eigenvalue weighted by Gasteiger charge is 2.36. The second kappa shape index (κ2) is 7.85. The van der Waals surface area contributed by atoms with Gasteiger partial charge in [0.05, 0.1) is 13.2 Å². The quantitative estimate of drug-likeness (QED) is 0.879. The van der Waals surface area contributed by atoms with E-state index in [1.54, 1.807) is 25.6 Å². The third-order valence-corrected chi connectivity index (χ3v) is 4.90. The van der Waals surface area contributed by atoms with Crippen LogP contribution in [0, 0.1) is 0 Å². The van der Waals surface area contributed by atoms with Crippen molar-refractivity contribution in [1.82, 2.24) is 9.88 Å². The van der Waals surface area contributed by atoms with Crippen molar-refractivity contribution in [2.24, 2.45) is 0 Å². The van der Waals surface area contributed by atoms with Gasteiger partial charge in [-0.1, -0.05) is 18.0 Å². The summed E-state index contributed by atoms with van der Waals surface area (Å²) < 4.78 is 5.54. The van der Waals surface area contributed by atoms with Crippen LogP contribution in [0.4, 0.5) is 0 Å². The second-order valence-electron chi connectivity index (χ2n) is 6.16. The number of hydrogen-bond donors (Lipinski definition) is 1. The van der Waals surface area contributed by atoms with Crippen LogP contribution in [0.5, 0.6) is 5.75 Å². The summed E-state index contributed by atoms with van der Waals surface area (Å²) >= 11 is 6.24. The number of pyridine rings is 1. The van der Waals surface area contributed by atoms with Crippen LogP contribution in [0.15, 0.2) is 42.7 Å². The summed E-state index contributed by atoms with van der Waals surface area (Å²) in [5.41, 5.74) is 1.85. The topological polar surface area (TPSA) is 62.7 Å². The van der Waals surface area contributed by atoms with Gasteiger partial charge in [0.25, 0.3) is 0 Å². The molecule has 1 N–H and O–H groups in total. The van der Waals surface area contributed by atoms with Crippen LogP contribution in [-0.4, -0.2) is 40.7 Å². The number of piperidine rings is 1. The molecular formula is C19H21ClN2O3. The van der Waals surface area contributed by atoms with Gasteiger partial charge < -0.3 is 9.84 Å². The third-order valence-electron chi connectivity index (χ3n) is 4.67. The van der Waals surface area contributed by atoms with Gasteiger partial charge >= 0.3 is 5.97 Å². The van der Waals surface area contributed by atoms with E-state index in [1.165, 1.54) is 0 Å². The van der Waals surface area contributed by atoms with Gasteiger partial charge in [-0.05, 0) is 55.3 Å². The Kier molecular flexibility index (Phi) is 5.56. The average molecular weight is 361 g/mol. The fourth-order valence-corrected chi connectivity index (χ4v) is 3.72. The zero-order chi connectivity index (χ0) is 17.8. The minimum Gasteiger partial charge on any atom is -0.496 e. The van der Waals surface area contributed by atoms with E-state index in [-0.39, 0.29) is 6.04 Å². The lowest BCUT2D eigenvalue weighted by atomic mass is 9.91. The number of aromatic nitrogens is 1. The van der Waals surface area contributed by atoms with Crippen LogP contribution < -0.4 is 4.74 Å². The van der Waals surface area contributed by atoms with E-state index in [9.17, 15) is 9.90 Å². The van der Waals surface area contributed by atoms with Crippen molar-refractivity contribution >= 4 is 17.6 Å². The molecule has 1 aromatic carbocycles. The van der Waals surface area contributed by atoms with Crippen LogP contribution in [0.2, 0.25) is 5.02 Å². The maximum Gasteiger partial charge on any atom is 0.320 e. The molecule has 2 atom stereocenters. The van der Waals surface area contributed by atoms with E-state index in [0.29, 0.717) is 23.7 Å².